The summed E-state index contributed by atoms with van der Waals surface area (Å²) in [5.74, 6) is 2.13. The van der Waals surface area contributed by atoms with Crippen molar-refractivity contribution in [3.8, 4) is 11.8 Å². The third-order valence-electron chi connectivity index (χ3n) is 4.70. The molecule has 33 heavy (non-hydrogen) atoms. The fraction of sp³-hybridized carbons (Fsp3) is 0.292. The van der Waals surface area contributed by atoms with Gasteiger partial charge in [0.05, 0.1) is 11.4 Å². The number of thioether (sulfide) groups is 1. The van der Waals surface area contributed by atoms with Gasteiger partial charge in [-0.1, -0.05) is 36.4 Å². The summed E-state index contributed by atoms with van der Waals surface area (Å²) in [6, 6.07) is 22.2. The van der Waals surface area contributed by atoms with Crippen molar-refractivity contribution in [1.82, 2.24) is 20.4 Å². The van der Waals surface area contributed by atoms with Crippen molar-refractivity contribution in [2.75, 3.05) is 31.1 Å². The van der Waals surface area contributed by atoms with Gasteiger partial charge in [0.15, 0.2) is 5.96 Å². The highest BCUT2D eigenvalue weighted by atomic mass is 127. The zero-order valence-electron chi connectivity index (χ0n) is 18.7. The second-order valence-corrected chi connectivity index (χ2v) is 8.19. The maximum Gasteiger partial charge on any atom is 0.191 e. The second-order valence-electron chi connectivity index (χ2n) is 7.02. The Morgan fingerprint density at radius 2 is 1.82 bits per heavy atom. The van der Waals surface area contributed by atoms with Gasteiger partial charge in [0, 0.05) is 30.3 Å². The maximum atomic E-state index is 9.54. The van der Waals surface area contributed by atoms with Crippen LogP contribution in [0.25, 0.3) is 5.69 Å². The number of anilines is 1. The molecule has 7 nitrogen and oxygen atoms in total. The number of nitrogens with zero attached hydrogens (tertiary/aromatic N) is 4. The van der Waals surface area contributed by atoms with Crippen LogP contribution in [0.1, 0.15) is 24.6 Å². The number of hydrogen-bond donors (Lipinski definition) is 3. The maximum absolute atomic E-state index is 9.54. The van der Waals surface area contributed by atoms with Crippen LogP contribution in [-0.2, 0) is 6.42 Å². The molecule has 3 aromatic rings. The SMILES string of the molecule is CCNC(=NCCCc1nn(-c2ccccc2)c(N)c1C#N)NCCSc1ccccc1.I. The number of aryl methyl sites for hydroxylation is 1. The molecule has 0 saturated heterocycles. The van der Waals surface area contributed by atoms with Crippen molar-refractivity contribution in [2.24, 2.45) is 4.99 Å². The summed E-state index contributed by atoms with van der Waals surface area (Å²) in [6.07, 6.45) is 1.41. The minimum atomic E-state index is 0. The van der Waals surface area contributed by atoms with Crippen molar-refractivity contribution in [2.45, 2.75) is 24.7 Å². The van der Waals surface area contributed by atoms with Crippen molar-refractivity contribution < 1.29 is 0 Å². The molecule has 1 aromatic heterocycles. The van der Waals surface area contributed by atoms with E-state index in [1.807, 2.05) is 55.1 Å². The van der Waals surface area contributed by atoms with Gasteiger partial charge in [-0.3, -0.25) is 4.99 Å². The largest absolute Gasteiger partial charge is 0.382 e. The minimum absolute atomic E-state index is 0. The number of nitrogens with two attached hydrogens (primary N) is 1. The Labute approximate surface area is 216 Å². The van der Waals surface area contributed by atoms with Crippen LogP contribution < -0.4 is 16.4 Å². The summed E-state index contributed by atoms with van der Waals surface area (Å²) in [7, 11) is 0. The van der Waals surface area contributed by atoms with Crippen LogP contribution in [0.15, 0.2) is 70.6 Å². The van der Waals surface area contributed by atoms with Crippen molar-refractivity contribution in [3.05, 3.63) is 71.9 Å². The van der Waals surface area contributed by atoms with Crippen LogP contribution >= 0.6 is 35.7 Å². The summed E-state index contributed by atoms with van der Waals surface area (Å²) < 4.78 is 1.63. The van der Waals surface area contributed by atoms with Crippen molar-refractivity contribution >= 4 is 47.5 Å². The Hall–Kier alpha value is -2.71. The van der Waals surface area contributed by atoms with Gasteiger partial charge in [-0.05, 0) is 44.0 Å². The Kier molecular flexibility index (Phi) is 11.6. The first-order valence-corrected chi connectivity index (χ1v) is 11.7. The fourth-order valence-electron chi connectivity index (χ4n) is 3.18. The molecule has 0 radical (unpaired) electrons. The van der Waals surface area contributed by atoms with E-state index in [2.05, 4.69) is 51.1 Å². The third kappa shape index (κ3) is 7.98. The second kappa shape index (κ2) is 14.4. The Morgan fingerprint density at radius 1 is 1.12 bits per heavy atom. The third-order valence-corrected chi connectivity index (χ3v) is 5.71. The first-order chi connectivity index (χ1) is 15.7. The van der Waals surface area contributed by atoms with E-state index in [4.69, 9.17) is 5.73 Å². The van der Waals surface area contributed by atoms with E-state index in [-0.39, 0.29) is 24.0 Å². The van der Waals surface area contributed by atoms with Crippen LogP contribution in [0, 0.1) is 11.3 Å². The van der Waals surface area contributed by atoms with Crippen molar-refractivity contribution in [3.63, 3.8) is 0 Å². The number of para-hydroxylation sites is 1. The molecule has 0 aliphatic heterocycles. The lowest BCUT2D eigenvalue weighted by Gasteiger charge is -2.11. The molecular weight excluding hydrogens is 545 g/mol. The van der Waals surface area contributed by atoms with Crippen LogP contribution in [0.4, 0.5) is 5.82 Å². The van der Waals surface area contributed by atoms with Gasteiger partial charge < -0.3 is 16.4 Å². The predicted molar refractivity (Wildman–Crippen MR) is 148 cm³/mol. The number of nitrogen functional groups attached to an aromatic ring is 1. The molecule has 0 fully saturated rings. The summed E-state index contributed by atoms with van der Waals surface area (Å²) in [5, 5.41) is 20.8. The fourth-order valence-corrected chi connectivity index (χ4v) is 3.96. The quantitative estimate of drug-likeness (QED) is 0.110. The smallest absolute Gasteiger partial charge is 0.191 e. The van der Waals surface area contributed by atoms with E-state index in [0.717, 1.165) is 36.9 Å². The number of nitrogens with one attached hydrogen (secondary N) is 2. The van der Waals surface area contributed by atoms with Crippen LogP contribution in [0.3, 0.4) is 0 Å². The monoisotopic (exact) mass is 575 g/mol. The molecule has 0 aliphatic rings. The van der Waals surface area contributed by atoms with E-state index in [1.54, 1.807) is 4.68 Å². The number of aromatic nitrogens is 2. The van der Waals surface area contributed by atoms with Crippen LogP contribution in [0.2, 0.25) is 0 Å². The zero-order chi connectivity index (χ0) is 22.6. The van der Waals surface area contributed by atoms with Crippen molar-refractivity contribution in [1.29, 1.82) is 5.26 Å². The zero-order valence-corrected chi connectivity index (χ0v) is 21.8. The molecule has 0 saturated carbocycles. The molecule has 0 unspecified atom stereocenters. The average Bonchev–Trinajstić information content (AvgIpc) is 3.15. The highest BCUT2D eigenvalue weighted by Gasteiger charge is 2.16. The molecule has 4 N–H and O–H groups in total. The molecule has 1 heterocycles. The van der Waals surface area contributed by atoms with E-state index >= 15 is 0 Å². The van der Waals surface area contributed by atoms with E-state index in [0.29, 0.717) is 30.0 Å². The van der Waals surface area contributed by atoms with Gasteiger partial charge in [-0.25, -0.2) is 4.68 Å². The highest BCUT2D eigenvalue weighted by Crippen LogP contribution is 2.21. The number of benzene rings is 2. The lowest BCUT2D eigenvalue weighted by atomic mass is 10.1. The number of hydrogen-bond acceptors (Lipinski definition) is 5. The van der Waals surface area contributed by atoms with Crippen LogP contribution in [-0.4, -0.2) is 41.1 Å². The van der Waals surface area contributed by atoms with Gasteiger partial charge in [0.25, 0.3) is 0 Å². The Bertz CT molecular complexity index is 1050. The normalized spacial score (nSPS) is 10.8. The standard InChI is InChI=1S/C24H29N7S.HI/c1-2-27-24(29-16-17-32-20-12-7-4-8-13-20)28-15-9-14-22-21(18-25)23(26)31(30-22)19-10-5-3-6-11-19;/h3-8,10-13H,2,9,14-17,26H2,1H3,(H2,27,28,29);1H. The molecule has 0 aliphatic carbocycles. The molecule has 0 atom stereocenters. The molecule has 9 heteroatoms. The summed E-state index contributed by atoms with van der Waals surface area (Å²) >= 11 is 1.81. The van der Waals surface area contributed by atoms with Gasteiger partial charge in [0.2, 0.25) is 0 Å². The van der Waals surface area contributed by atoms with E-state index < -0.39 is 0 Å². The first-order valence-electron chi connectivity index (χ1n) is 10.8. The Balaban J connectivity index is 0.00000385. The summed E-state index contributed by atoms with van der Waals surface area (Å²) in [5.41, 5.74) is 8.18. The number of aliphatic imine (C=N–C) groups is 1. The average molecular weight is 576 g/mol. The summed E-state index contributed by atoms with van der Waals surface area (Å²) in [4.78, 5) is 5.92. The molecule has 2 aromatic carbocycles. The molecule has 0 amide bonds. The van der Waals surface area contributed by atoms with Gasteiger partial charge in [0.1, 0.15) is 17.5 Å². The predicted octanol–water partition coefficient (Wildman–Crippen LogP) is 4.22. The number of nitriles is 1. The molecule has 0 spiro atoms. The van der Waals surface area contributed by atoms with Gasteiger partial charge in [-0.15, -0.1) is 35.7 Å². The number of rotatable bonds is 10. The highest BCUT2D eigenvalue weighted by molar-refractivity contribution is 14.0. The lowest BCUT2D eigenvalue weighted by molar-refractivity contribution is 0.763. The van der Waals surface area contributed by atoms with Gasteiger partial charge in [-0.2, -0.15) is 10.4 Å². The Morgan fingerprint density at radius 3 is 2.48 bits per heavy atom. The first kappa shape index (κ1) is 26.5. The van der Waals surface area contributed by atoms with Gasteiger partial charge >= 0.3 is 0 Å². The molecule has 3 rings (SSSR count). The number of guanidine groups is 1. The summed E-state index contributed by atoms with van der Waals surface area (Å²) in [6.45, 7) is 4.30. The molecular formula is C24H30IN7S. The molecule has 174 valence electrons. The lowest BCUT2D eigenvalue weighted by Crippen LogP contribution is -2.38. The minimum Gasteiger partial charge on any atom is -0.382 e. The van der Waals surface area contributed by atoms with E-state index in [9.17, 15) is 5.26 Å². The van der Waals surface area contributed by atoms with Crippen LogP contribution in [0.5, 0.6) is 0 Å². The number of halogens is 1. The topological polar surface area (TPSA) is 104 Å². The molecule has 0 bridgehead atoms. The van der Waals surface area contributed by atoms with E-state index in [1.165, 1.54) is 4.90 Å².